The van der Waals surface area contributed by atoms with E-state index in [0.717, 1.165) is 11.3 Å². The SMILES string of the molecule is CCCN(C=O)C(=O)N(C)C. The highest BCUT2D eigenvalue weighted by Gasteiger charge is 2.12. The molecule has 3 amide bonds. The Morgan fingerprint density at radius 2 is 2.00 bits per heavy atom. The summed E-state index contributed by atoms with van der Waals surface area (Å²) in [4.78, 5) is 23.9. The summed E-state index contributed by atoms with van der Waals surface area (Å²) in [5, 5.41) is 0. The number of carbonyl (C=O) groups is 2. The predicted molar refractivity (Wildman–Crippen MR) is 42.1 cm³/mol. The molecule has 0 bridgehead atoms. The van der Waals surface area contributed by atoms with Crippen molar-refractivity contribution in [2.45, 2.75) is 13.3 Å². The van der Waals surface area contributed by atoms with Crippen LogP contribution in [0.4, 0.5) is 4.79 Å². The fraction of sp³-hybridized carbons (Fsp3) is 0.714. The average Bonchev–Trinajstić information content (AvgIpc) is 1.98. The molecule has 0 aliphatic rings. The molecule has 11 heavy (non-hydrogen) atoms. The van der Waals surface area contributed by atoms with Crippen LogP contribution < -0.4 is 0 Å². The first-order valence-corrected chi connectivity index (χ1v) is 3.56. The molecule has 0 aliphatic carbocycles. The Hall–Kier alpha value is -1.06. The van der Waals surface area contributed by atoms with Crippen molar-refractivity contribution >= 4 is 12.4 Å². The van der Waals surface area contributed by atoms with E-state index in [1.807, 2.05) is 6.92 Å². The number of hydrogen-bond donors (Lipinski definition) is 0. The van der Waals surface area contributed by atoms with Gasteiger partial charge in [0.05, 0.1) is 0 Å². The largest absolute Gasteiger partial charge is 0.330 e. The molecule has 0 rings (SSSR count). The first-order valence-electron chi connectivity index (χ1n) is 3.56. The number of urea groups is 1. The second kappa shape index (κ2) is 4.71. The molecule has 0 aromatic carbocycles. The van der Waals surface area contributed by atoms with Crippen molar-refractivity contribution in [2.75, 3.05) is 20.6 Å². The number of rotatable bonds is 3. The van der Waals surface area contributed by atoms with Crippen molar-refractivity contribution < 1.29 is 9.59 Å². The van der Waals surface area contributed by atoms with E-state index in [9.17, 15) is 9.59 Å². The Balaban J connectivity index is 4.02. The molecule has 64 valence electrons. The van der Waals surface area contributed by atoms with E-state index >= 15 is 0 Å². The lowest BCUT2D eigenvalue weighted by Crippen LogP contribution is -2.38. The van der Waals surface area contributed by atoms with Gasteiger partial charge in [-0.2, -0.15) is 0 Å². The highest BCUT2D eigenvalue weighted by Crippen LogP contribution is 1.92. The topological polar surface area (TPSA) is 40.6 Å². The molecule has 0 heterocycles. The molecule has 0 spiro atoms. The molecule has 0 aromatic heterocycles. The third-order valence-electron chi connectivity index (χ3n) is 1.22. The van der Waals surface area contributed by atoms with E-state index < -0.39 is 0 Å². The fourth-order valence-corrected chi connectivity index (χ4v) is 0.691. The molecule has 4 heteroatoms. The van der Waals surface area contributed by atoms with Gasteiger partial charge >= 0.3 is 6.03 Å². The van der Waals surface area contributed by atoms with E-state index in [1.165, 1.54) is 4.90 Å². The van der Waals surface area contributed by atoms with Crippen molar-refractivity contribution in [3.8, 4) is 0 Å². The van der Waals surface area contributed by atoms with Gasteiger partial charge < -0.3 is 4.90 Å². The van der Waals surface area contributed by atoms with Gasteiger partial charge in [0.2, 0.25) is 6.41 Å². The number of hydrogen-bond acceptors (Lipinski definition) is 2. The molecule has 0 aliphatic heterocycles. The van der Waals surface area contributed by atoms with Gasteiger partial charge in [0.25, 0.3) is 0 Å². The summed E-state index contributed by atoms with van der Waals surface area (Å²) < 4.78 is 0. The van der Waals surface area contributed by atoms with Crippen LogP contribution in [-0.2, 0) is 4.79 Å². The molecular weight excluding hydrogens is 144 g/mol. The molecule has 0 unspecified atom stereocenters. The summed E-state index contributed by atoms with van der Waals surface area (Å²) in [6.07, 6.45) is 1.35. The van der Waals surface area contributed by atoms with Crippen molar-refractivity contribution in [2.24, 2.45) is 0 Å². The lowest BCUT2D eigenvalue weighted by molar-refractivity contribution is -0.116. The van der Waals surface area contributed by atoms with Gasteiger partial charge in [0.15, 0.2) is 0 Å². The summed E-state index contributed by atoms with van der Waals surface area (Å²) >= 11 is 0. The molecule has 0 fully saturated rings. The van der Waals surface area contributed by atoms with Gasteiger partial charge in [0, 0.05) is 20.6 Å². The van der Waals surface area contributed by atoms with Crippen LogP contribution in [-0.4, -0.2) is 42.9 Å². The maximum Gasteiger partial charge on any atom is 0.325 e. The first kappa shape index (κ1) is 9.94. The normalized spacial score (nSPS) is 9.00. The molecule has 4 nitrogen and oxygen atoms in total. The van der Waals surface area contributed by atoms with E-state index in [1.54, 1.807) is 14.1 Å². The van der Waals surface area contributed by atoms with E-state index in [4.69, 9.17) is 0 Å². The molecule has 0 radical (unpaired) electrons. The third-order valence-corrected chi connectivity index (χ3v) is 1.22. The van der Waals surface area contributed by atoms with Crippen LogP contribution in [0.1, 0.15) is 13.3 Å². The van der Waals surface area contributed by atoms with Gasteiger partial charge in [-0.15, -0.1) is 0 Å². The zero-order valence-corrected chi connectivity index (χ0v) is 7.20. The number of carbonyl (C=O) groups excluding carboxylic acids is 2. The molecule has 0 atom stereocenters. The molecule has 0 N–H and O–H groups in total. The van der Waals surface area contributed by atoms with Gasteiger partial charge in [-0.05, 0) is 6.42 Å². The van der Waals surface area contributed by atoms with Crippen molar-refractivity contribution in [3.05, 3.63) is 0 Å². The Kier molecular flexibility index (Phi) is 4.26. The van der Waals surface area contributed by atoms with Crippen LogP contribution in [0, 0.1) is 0 Å². The Morgan fingerprint density at radius 3 is 2.27 bits per heavy atom. The Bertz CT molecular complexity index is 145. The molecular formula is C7H14N2O2. The number of amides is 3. The van der Waals surface area contributed by atoms with Crippen LogP contribution in [0.3, 0.4) is 0 Å². The van der Waals surface area contributed by atoms with Crippen LogP contribution in [0.15, 0.2) is 0 Å². The van der Waals surface area contributed by atoms with Crippen LogP contribution in [0.2, 0.25) is 0 Å². The first-order chi connectivity index (χ1) is 5.13. The zero-order chi connectivity index (χ0) is 8.85. The zero-order valence-electron chi connectivity index (χ0n) is 7.20. The summed E-state index contributed by atoms with van der Waals surface area (Å²) in [7, 11) is 3.24. The van der Waals surface area contributed by atoms with Crippen molar-refractivity contribution in [1.29, 1.82) is 0 Å². The predicted octanol–water partition coefficient (Wildman–Crippen LogP) is 0.536. The van der Waals surface area contributed by atoms with Gasteiger partial charge in [-0.25, -0.2) is 4.79 Å². The van der Waals surface area contributed by atoms with Crippen LogP contribution in [0.5, 0.6) is 0 Å². The van der Waals surface area contributed by atoms with Crippen LogP contribution in [0.25, 0.3) is 0 Å². The summed E-state index contributed by atoms with van der Waals surface area (Å²) in [6.45, 7) is 2.40. The standard InChI is InChI=1S/C7H14N2O2/c1-4-5-9(6-10)7(11)8(2)3/h6H,4-5H2,1-3H3. The van der Waals surface area contributed by atoms with E-state index in [2.05, 4.69) is 0 Å². The Morgan fingerprint density at radius 1 is 1.45 bits per heavy atom. The fourth-order valence-electron chi connectivity index (χ4n) is 0.691. The highest BCUT2D eigenvalue weighted by atomic mass is 16.2. The second-order valence-corrected chi connectivity index (χ2v) is 2.48. The maximum absolute atomic E-state index is 11.1. The minimum absolute atomic E-state index is 0.262. The summed E-state index contributed by atoms with van der Waals surface area (Å²) in [5.74, 6) is 0. The average molecular weight is 158 g/mol. The monoisotopic (exact) mass is 158 g/mol. The van der Waals surface area contributed by atoms with Gasteiger partial charge in [0.1, 0.15) is 0 Å². The third kappa shape index (κ3) is 3.02. The van der Waals surface area contributed by atoms with Gasteiger partial charge in [-0.3, -0.25) is 9.69 Å². The second-order valence-electron chi connectivity index (χ2n) is 2.48. The van der Waals surface area contributed by atoms with Crippen molar-refractivity contribution in [1.82, 2.24) is 9.80 Å². The van der Waals surface area contributed by atoms with Gasteiger partial charge in [-0.1, -0.05) is 6.92 Å². The number of nitrogens with zero attached hydrogens (tertiary/aromatic N) is 2. The summed E-state index contributed by atoms with van der Waals surface area (Å²) in [5.41, 5.74) is 0. The highest BCUT2D eigenvalue weighted by molar-refractivity contribution is 5.84. The molecule has 0 saturated carbocycles. The lowest BCUT2D eigenvalue weighted by atomic mass is 10.4. The molecule has 0 aromatic rings. The number of imide groups is 1. The minimum Gasteiger partial charge on any atom is -0.330 e. The summed E-state index contributed by atoms with van der Waals surface area (Å²) in [6, 6.07) is -0.262. The minimum atomic E-state index is -0.262. The maximum atomic E-state index is 11.1. The van der Waals surface area contributed by atoms with E-state index in [-0.39, 0.29) is 6.03 Å². The smallest absolute Gasteiger partial charge is 0.325 e. The lowest BCUT2D eigenvalue weighted by Gasteiger charge is -2.19. The molecule has 0 saturated heterocycles. The van der Waals surface area contributed by atoms with Crippen molar-refractivity contribution in [3.63, 3.8) is 0 Å². The van der Waals surface area contributed by atoms with Crippen LogP contribution >= 0.6 is 0 Å². The Labute approximate surface area is 66.8 Å². The van der Waals surface area contributed by atoms with E-state index in [0.29, 0.717) is 13.0 Å². The quantitative estimate of drug-likeness (QED) is 0.562.